The zero-order valence-corrected chi connectivity index (χ0v) is 7.95. The molecule has 0 fully saturated rings. The summed E-state index contributed by atoms with van der Waals surface area (Å²) in [5.41, 5.74) is 0.719. The average molecular weight is 196 g/mol. The Morgan fingerprint density at radius 1 is 1.43 bits per heavy atom. The summed E-state index contributed by atoms with van der Waals surface area (Å²) in [7, 11) is 0. The number of ether oxygens (including phenoxy) is 3. The second-order valence-corrected chi connectivity index (χ2v) is 2.88. The Labute approximate surface area is 82.0 Å². The van der Waals surface area contributed by atoms with Gasteiger partial charge in [-0.1, -0.05) is 0 Å². The lowest BCUT2D eigenvalue weighted by molar-refractivity contribution is 0.169. The summed E-state index contributed by atoms with van der Waals surface area (Å²) >= 11 is 0. The quantitative estimate of drug-likeness (QED) is 0.791. The molecule has 0 bridgehead atoms. The molecule has 76 valence electrons. The highest BCUT2D eigenvalue weighted by atomic mass is 16.7. The van der Waals surface area contributed by atoms with Crippen LogP contribution in [0.2, 0.25) is 0 Å². The minimum Gasteiger partial charge on any atom is -0.489 e. The molecular formula is C10H12O4. The molecule has 0 radical (unpaired) electrons. The van der Waals surface area contributed by atoms with Crippen LogP contribution in [0.15, 0.2) is 12.1 Å². The molecule has 0 aliphatic carbocycles. The summed E-state index contributed by atoms with van der Waals surface area (Å²) in [6.07, 6.45) is 0. The highest BCUT2D eigenvalue weighted by Gasteiger charge is 2.21. The SMILES string of the molecule is CCOc1c(CO)ccc2c1OCO2. The van der Waals surface area contributed by atoms with Gasteiger partial charge in [0.2, 0.25) is 12.5 Å². The van der Waals surface area contributed by atoms with Crippen LogP contribution >= 0.6 is 0 Å². The molecular weight excluding hydrogens is 184 g/mol. The molecule has 0 saturated carbocycles. The van der Waals surface area contributed by atoms with Gasteiger partial charge in [-0.15, -0.1) is 0 Å². The lowest BCUT2D eigenvalue weighted by Crippen LogP contribution is -1.99. The fourth-order valence-corrected chi connectivity index (χ4v) is 1.41. The third kappa shape index (κ3) is 1.37. The third-order valence-corrected chi connectivity index (χ3v) is 2.03. The predicted molar refractivity (Wildman–Crippen MR) is 49.7 cm³/mol. The number of fused-ring (bicyclic) bond motifs is 1. The molecule has 0 spiro atoms. The lowest BCUT2D eigenvalue weighted by Gasteiger charge is -2.10. The molecule has 1 aromatic rings. The monoisotopic (exact) mass is 196 g/mol. The Morgan fingerprint density at radius 2 is 2.29 bits per heavy atom. The molecule has 1 heterocycles. The molecule has 4 nitrogen and oxygen atoms in total. The molecule has 1 aliphatic rings. The largest absolute Gasteiger partial charge is 0.489 e. The van der Waals surface area contributed by atoms with Crippen molar-refractivity contribution in [2.75, 3.05) is 13.4 Å². The molecule has 2 rings (SSSR count). The van der Waals surface area contributed by atoms with E-state index < -0.39 is 0 Å². The van der Waals surface area contributed by atoms with E-state index in [0.29, 0.717) is 23.9 Å². The van der Waals surface area contributed by atoms with E-state index in [-0.39, 0.29) is 13.4 Å². The molecule has 0 unspecified atom stereocenters. The molecule has 1 aliphatic heterocycles. The van der Waals surface area contributed by atoms with Gasteiger partial charge >= 0.3 is 0 Å². The van der Waals surface area contributed by atoms with E-state index in [1.807, 2.05) is 6.92 Å². The van der Waals surface area contributed by atoms with Gasteiger partial charge in [0.1, 0.15) is 0 Å². The van der Waals surface area contributed by atoms with Crippen molar-refractivity contribution in [3.05, 3.63) is 17.7 Å². The first kappa shape index (κ1) is 9.15. The maximum atomic E-state index is 9.10. The van der Waals surface area contributed by atoms with Crippen molar-refractivity contribution >= 4 is 0 Å². The molecule has 1 aromatic carbocycles. The minimum atomic E-state index is -0.0635. The van der Waals surface area contributed by atoms with E-state index in [1.165, 1.54) is 0 Å². The summed E-state index contributed by atoms with van der Waals surface area (Å²) in [5.74, 6) is 1.86. The normalized spacial score (nSPS) is 13.0. The molecule has 0 aromatic heterocycles. The molecule has 0 amide bonds. The third-order valence-electron chi connectivity index (χ3n) is 2.03. The Bertz CT molecular complexity index is 335. The van der Waals surface area contributed by atoms with Gasteiger partial charge in [0.05, 0.1) is 13.2 Å². The molecule has 4 heteroatoms. The van der Waals surface area contributed by atoms with E-state index in [0.717, 1.165) is 5.56 Å². The van der Waals surface area contributed by atoms with Gasteiger partial charge in [-0.25, -0.2) is 0 Å². The van der Waals surface area contributed by atoms with Gasteiger partial charge in [0.15, 0.2) is 11.5 Å². The molecule has 0 atom stereocenters. The Hall–Kier alpha value is -1.42. The lowest BCUT2D eigenvalue weighted by atomic mass is 10.2. The van der Waals surface area contributed by atoms with Crippen LogP contribution in [-0.2, 0) is 6.61 Å². The number of aliphatic hydroxyl groups excluding tert-OH is 1. The zero-order valence-electron chi connectivity index (χ0n) is 7.95. The van der Waals surface area contributed by atoms with E-state index >= 15 is 0 Å². The van der Waals surface area contributed by atoms with Gasteiger partial charge in [-0.2, -0.15) is 0 Å². The summed E-state index contributed by atoms with van der Waals surface area (Å²) in [6.45, 7) is 2.57. The number of rotatable bonds is 3. The number of hydrogen-bond donors (Lipinski definition) is 1. The first-order valence-electron chi connectivity index (χ1n) is 4.52. The minimum absolute atomic E-state index is 0.0635. The fourth-order valence-electron chi connectivity index (χ4n) is 1.41. The van der Waals surface area contributed by atoms with Crippen molar-refractivity contribution in [2.45, 2.75) is 13.5 Å². The number of hydrogen-bond acceptors (Lipinski definition) is 4. The fraction of sp³-hybridized carbons (Fsp3) is 0.400. The predicted octanol–water partition coefficient (Wildman–Crippen LogP) is 1.31. The van der Waals surface area contributed by atoms with Gasteiger partial charge in [-0.05, 0) is 19.1 Å². The van der Waals surface area contributed by atoms with Crippen LogP contribution in [0.3, 0.4) is 0 Å². The van der Waals surface area contributed by atoms with E-state index in [2.05, 4.69) is 0 Å². The second kappa shape index (κ2) is 3.75. The van der Waals surface area contributed by atoms with Crippen molar-refractivity contribution in [1.82, 2.24) is 0 Å². The number of benzene rings is 1. The van der Waals surface area contributed by atoms with Gasteiger partial charge in [0.25, 0.3) is 0 Å². The average Bonchev–Trinajstić information content (AvgIpc) is 2.67. The smallest absolute Gasteiger partial charge is 0.231 e. The maximum Gasteiger partial charge on any atom is 0.231 e. The highest BCUT2D eigenvalue weighted by Crippen LogP contribution is 2.43. The van der Waals surface area contributed by atoms with Crippen LogP contribution in [0.1, 0.15) is 12.5 Å². The standard InChI is InChI=1S/C10H12O4/c1-2-12-9-7(5-11)3-4-8-10(9)14-6-13-8/h3-4,11H,2,5-6H2,1H3. The van der Waals surface area contributed by atoms with Gasteiger partial charge in [-0.3, -0.25) is 0 Å². The summed E-state index contributed by atoms with van der Waals surface area (Å²) in [4.78, 5) is 0. The van der Waals surface area contributed by atoms with Crippen molar-refractivity contribution in [1.29, 1.82) is 0 Å². The van der Waals surface area contributed by atoms with Crippen molar-refractivity contribution in [3.8, 4) is 17.2 Å². The van der Waals surface area contributed by atoms with Gasteiger partial charge in [0, 0.05) is 5.56 Å². The molecule has 1 N–H and O–H groups in total. The first-order chi connectivity index (χ1) is 6.86. The van der Waals surface area contributed by atoms with Crippen LogP contribution < -0.4 is 14.2 Å². The number of aliphatic hydroxyl groups is 1. The molecule has 0 saturated heterocycles. The van der Waals surface area contributed by atoms with Crippen molar-refractivity contribution < 1.29 is 19.3 Å². The van der Waals surface area contributed by atoms with Crippen LogP contribution in [0.5, 0.6) is 17.2 Å². The Balaban J connectivity index is 2.45. The summed E-state index contributed by atoms with van der Waals surface area (Å²) in [6, 6.07) is 3.55. The van der Waals surface area contributed by atoms with Crippen LogP contribution in [-0.4, -0.2) is 18.5 Å². The van der Waals surface area contributed by atoms with E-state index in [9.17, 15) is 0 Å². The zero-order chi connectivity index (χ0) is 9.97. The van der Waals surface area contributed by atoms with Gasteiger partial charge < -0.3 is 19.3 Å². The highest BCUT2D eigenvalue weighted by molar-refractivity contribution is 5.56. The van der Waals surface area contributed by atoms with Crippen LogP contribution in [0.4, 0.5) is 0 Å². The Kier molecular flexibility index (Phi) is 2.45. The Morgan fingerprint density at radius 3 is 3.00 bits per heavy atom. The first-order valence-corrected chi connectivity index (χ1v) is 4.52. The van der Waals surface area contributed by atoms with Crippen molar-refractivity contribution in [3.63, 3.8) is 0 Å². The maximum absolute atomic E-state index is 9.10. The van der Waals surface area contributed by atoms with Crippen LogP contribution in [0.25, 0.3) is 0 Å². The van der Waals surface area contributed by atoms with Crippen molar-refractivity contribution in [2.24, 2.45) is 0 Å². The van der Waals surface area contributed by atoms with E-state index in [4.69, 9.17) is 19.3 Å². The molecule has 14 heavy (non-hydrogen) atoms. The van der Waals surface area contributed by atoms with E-state index in [1.54, 1.807) is 12.1 Å². The summed E-state index contributed by atoms with van der Waals surface area (Å²) in [5, 5.41) is 9.10. The van der Waals surface area contributed by atoms with Crippen LogP contribution in [0, 0.1) is 0 Å². The summed E-state index contributed by atoms with van der Waals surface area (Å²) < 4.78 is 15.9. The topological polar surface area (TPSA) is 47.9 Å². The second-order valence-electron chi connectivity index (χ2n) is 2.88.